The number of H-pyrrole nitrogens is 1. The van der Waals surface area contributed by atoms with Gasteiger partial charge >= 0.3 is 5.97 Å². The lowest BCUT2D eigenvalue weighted by Gasteiger charge is -2.22. The largest absolute Gasteiger partial charge is 0.481 e. The number of aromatic amines is 1. The van der Waals surface area contributed by atoms with Crippen molar-refractivity contribution in [3.8, 4) is 0 Å². The van der Waals surface area contributed by atoms with E-state index in [1.807, 2.05) is 34.7 Å². The summed E-state index contributed by atoms with van der Waals surface area (Å²) in [5, 5.41) is 27.0. The Kier molecular flexibility index (Phi) is 5.35. The molecule has 0 aliphatic heterocycles. The number of rotatable bonds is 8. The molecule has 7 nitrogen and oxygen atoms in total. The molecule has 0 atom stereocenters. The number of carbonyl (C=O) groups is 1. The highest BCUT2D eigenvalue weighted by Crippen LogP contribution is 2.20. The molecule has 1 heterocycles. The van der Waals surface area contributed by atoms with Crippen molar-refractivity contribution in [2.24, 2.45) is 7.05 Å². The second kappa shape index (κ2) is 7.24. The fraction of sp³-hybridized carbons (Fsp3) is 0.467. The predicted octanol–water partition coefficient (Wildman–Crippen LogP) is -0.199. The van der Waals surface area contributed by atoms with Gasteiger partial charge < -0.3 is 20.2 Å². The summed E-state index contributed by atoms with van der Waals surface area (Å²) >= 11 is 0. The molecule has 0 spiro atoms. The molecule has 7 heteroatoms. The number of carboxylic acids is 1. The second-order valence-electron chi connectivity index (χ2n) is 5.16. The standard InChI is InChI=1S/C15H21N3O4/c1-17-13-3-2-11(18(6-8-19)7-9-20)10-12(13)16-14(17)4-5-15(21)22/h2-3,10,19-20H,4-9H2,1H3,(H,21,22)/p+1. The highest BCUT2D eigenvalue weighted by atomic mass is 16.4. The number of nitrogens with zero attached hydrogens (tertiary/aromatic N) is 2. The van der Waals surface area contributed by atoms with Crippen molar-refractivity contribution in [3.63, 3.8) is 0 Å². The molecule has 2 aromatic rings. The zero-order valence-corrected chi connectivity index (χ0v) is 12.6. The summed E-state index contributed by atoms with van der Waals surface area (Å²) in [4.78, 5) is 15.9. The lowest BCUT2D eigenvalue weighted by molar-refractivity contribution is -0.652. The molecule has 0 saturated carbocycles. The van der Waals surface area contributed by atoms with Crippen LogP contribution >= 0.6 is 0 Å². The molecule has 22 heavy (non-hydrogen) atoms. The Morgan fingerprint density at radius 1 is 1.27 bits per heavy atom. The van der Waals surface area contributed by atoms with Crippen LogP contribution in [0.25, 0.3) is 11.0 Å². The first-order valence-corrected chi connectivity index (χ1v) is 7.26. The minimum Gasteiger partial charge on any atom is -0.481 e. The van der Waals surface area contributed by atoms with E-state index in [9.17, 15) is 4.79 Å². The molecule has 4 N–H and O–H groups in total. The number of hydrogen-bond acceptors (Lipinski definition) is 4. The Morgan fingerprint density at radius 3 is 2.55 bits per heavy atom. The van der Waals surface area contributed by atoms with Crippen LogP contribution in [0.4, 0.5) is 5.69 Å². The summed E-state index contributed by atoms with van der Waals surface area (Å²) in [6, 6.07) is 5.83. The van der Waals surface area contributed by atoms with Gasteiger partial charge in [0, 0.05) is 24.8 Å². The maximum absolute atomic E-state index is 10.7. The van der Waals surface area contributed by atoms with E-state index >= 15 is 0 Å². The van der Waals surface area contributed by atoms with E-state index in [-0.39, 0.29) is 19.6 Å². The predicted molar refractivity (Wildman–Crippen MR) is 81.8 cm³/mol. The van der Waals surface area contributed by atoms with Gasteiger partial charge in [-0.1, -0.05) is 0 Å². The number of aliphatic hydroxyl groups is 2. The van der Waals surface area contributed by atoms with Crippen molar-refractivity contribution in [3.05, 3.63) is 24.0 Å². The van der Waals surface area contributed by atoms with Gasteiger partial charge in [-0.15, -0.1) is 0 Å². The first kappa shape index (κ1) is 16.3. The van der Waals surface area contributed by atoms with Gasteiger partial charge in [0.05, 0.1) is 33.1 Å². The number of aliphatic hydroxyl groups excluding tert-OH is 2. The minimum absolute atomic E-state index is 0.0143. The van der Waals surface area contributed by atoms with Gasteiger partial charge in [-0.2, -0.15) is 0 Å². The molecular formula is C15H22N3O4+. The summed E-state index contributed by atoms with van der Waals surface area (Å²) < 4.78 is 1.95. The average molecular weight is 308 g/mol. The van der Waals surface area contributed by atoms with Gasteiger partial charge in [0.25, 0.3) is 5.82 Å². The third-order valence-corrected chi connectivity index (χ3v) is 3.71. The first-order valence-electron chi connectivity index (χ1n) is 7.26. The number of hydrogen-bond donors (Lipinski definition) is 4. The van der Waals surface area contributed by atoms with Crippen LogP contribution in [0.3, 0.4) is 0 Å². The highest BCUT2D eigenvalue weighted by Gasteiger charge is 2.17. The summed E-state index contributed by atoms with van der Waals surface area (Å²) in [5.41, 5.74) is 2.79. The molecule has 0 unspecified atom stereocenters. The van der Waals surface area contributed by atoms with Crippen LogP contribution < -0.4 is 9.47 Å². The van der Waals surface area contributed by atoms with Crippen LogP contribution in [-0.2, 0) is 18.3 Å². The van der Waals surface area contributed by atoms with Crippen molar-refractivity contribution in [2.75, 3.05) is 31.2 Å². The molecule has 0 bridgehead atoms. The van der Waals surface area contributed by atoms with Gasteiger partial charge in [-0.05, 0) is 12.1 Å². The first-order chi connectivity index (χ1) is 10.6. The Balaban J connectivity index is 2.31. The van der Waals surface area contributed by atoms with E-state index in [1.54, 1.807) is 0 Å². The summed E-state index contributed by atoms with van der Waals surface area (Å²) in [6.45, 7) is 0.927. The van der Waals surface area contributed by atoms with Gasteiger partial charge in [-0.25, -0.2) is 9.55 Å². The van der Waals surface area contributed by atoms with Crippen LogP contribution in [-0.4, -0.2) is 52.6 Å². The fourth-order valence-electron chi connectivity index (χ4n) is 2.56. The van der Waals surface area contributed by atoms with Crippen molar-refractivity contribution in [2.45, 2.75) is 12.8 Å². The SMILES string of the molecule is C[n+]1c(CCC(=O)O)[nH]c2cc(N(CCO)CCO)ccc21. The smallest absolute Gasteiger partial charge is 0.303 e. The molecule has 0 radical (unpaired) electrons. The highest BCUT2D eigenvalue weighted by molar-refractivity contribution is 5.77. The van der Waals surface area contributed by atoms with Crippen molar-refractivity contribution < 1.29 is 24.7 Å². The van der Waals surface area contributed by atoms with Gasteiger partial charge in [-0.3, -0.25) is 4.79 Å². The van der Waals surface area contributed by atoms with E-state index in [0.29, 0.717) is 19.5 Å². The average Bonchev–Trinajstić information content (AvgIpc) is 2.81. The van der Waals surface area contributed by atoms with Crippen LogP contribution in [0, 0.1) is 0 Å². The number of nitrogens with one attached hydrogen (secondary N) is 1. The Labute approximate surface area is 128 Å². The summed E-state index contributed by atoms with van der Waals surface area (Å²) in [7, 11) is 1.90. The normalized spacial score (nSPS) is 11.0. The molecule has 0 amide bonds. The third-order valence-electron chi connectivity index (χ3n) is 3.71. The fourth-order valence-corrected chi connectivity index (χ4v) is 2.56. The number of anilines is 1. The van der Waals surface area contributed by atoms with Crippen LogP contribution in [0.1, 0.15) is 12.2 Å². The molecule has 0 aliphatic carbocycles. The maximum atomic E-state index is 10.7. The summed E-state index contributed by atoms with van der Waals surface area (Å²) in [5.74, 6) is 0.0295. The number of benzene rings is 1. The van der Waals surface area contributed by atoms with Gasteiger partial charge in [0.2, 0.25) is 0 Å². The maximum Gasteiger partial charge on any atom is 0.303 e. The van der Waals surface area contributed by atoms with Crippen molar-refractivity contribution in [1.29, 1.82) is 0 Å². The zero-order chi connectivity index (χ0) is 16.1. The topological polar surface area (TPSA) is 101 Å². The molecule has 0 saturated heterocycles. The Hall–Kier alpha value is -2.12. The Bertz CT molecular complexity index is 648. The number of carboxylic acid groups (broad SMARTS) is 1. The number of imidazole rings is 1. The van der Waals surface area contributed by atoms with E-state index < -0.39 is 5.97 Å². The number of fused-ring (bicyclic) bond motifs is 1. The van der Waals surface area contributed by atoms with Crippen LogP contribution in [0.15, 0.2) is 18.2 Å². The minimum atomic E-state index is -0.823. The van der Waals surface area contributed by atoms with Crippen LogP contribution in [0.2, 0.25) is 0 Å². The van der Waals surface area contributed by atoms with Crippen molar-refractivity contribution >= 4 is 22.7 Å². The summed E-state index contributed by atoms with van der Waals surface area (Å²) in [6.07, 6.45) is 0.515. The molecule has 2 rings (SSSR count). The van der Waals surface area contributed by atoms with E-state index in [1.165, 1.54) is 0 Å². The number of aromatic nitrogens is 2. The lowest BCUT2D eigenvalue weighted by atomic mass is 10.2. The number of aliphatic carboxylic acids is 1. The third kappa shape index (κ3) is 3.55. The number of aryl methyl sites for hydroxylation is 2. The monoisotopic (exact) mass is 308 g/mol. The molecule has 0 aliphatic rings. The van der Waals surface area contributed by atoms with Gasteiger partial charge in [0.1, 0.15) is 0 Å². The molecule has 120 valence electrons. The Morgan fingerprint density at radius 2 is 1.95 bits per heavy atom. The second-order valence-corrected chi connectivity index (χ2v) is 5.16. The zero-order valence-electron chi connectivity index (χ0n) is 12.6. The van der Waals surface area contributed by atoms with Gasteiger partial charge in [0.15, 0.2) is 11.0 Å². The van der Waals surface area contributed by atoms with Crippen LogP contribution in [0.5, 0.6) is 0 Å². The molecule has 1 aromatic heterocycles. The molecular weight excluding hydrogens is 286 g/mol. The lowest BCUT2D eigenvalue weighted by Crippen LogP contribution is -2.32. The molecule has 1 aromatic carbocycles. The quantitative estimate of drug-likeness (QED) is 0.506. The molecule has 0 fully saturated rings. The van der Waals surface area contributed by atoms with E-state index in [0.717, 1.165) is 22.5 Å². The van der Waals surface area contributed by atoms with E-state index in [4.69, 9.17) is 15.3 Å². The van der Waals surface area contributed by atoms with E-state index in [2.05, 4.69) is 4.98 Å². The van der Waals surface area contributed by atoms with Crippen molar-refractivity contribution in [1.82, 2.24) is 4.98 Å².